The molecule has 1 unspecified atom stereocenters. The third-order valence-corrected chi connectivity index (χ3v) is 3.29. The van der Waals surface area contributed by atoms with Gasteiger partial charge in [-0.1, -0.05) is 11.3 Å². The molecule has 0 amide bonds. The van der Waals surface area contributed by atoms with Crippen molar-refractivity contribution in [1.82, 2.24) is 9.88 Å². The molecule has 2 rings (SSSR count). The number of nitrogens with zero attached hydrogens (tertiary/aromatic N) is 1. The van der Waals surface area contributed by atoms with E-state index in [0.29, 0.717) is 5.92 Å². The number of hydrogen-bond acceptors (Lipinski definition) is 3. The van der Waals surface area contributed by atoms with Crippen LogP contribution in [0.1, 0.15) is 24.5 Å². The van der Waals surface area contributed by atoms with E-state index in [0.717, 1.165) is 12.2 Å². The molecule has 0 saturated carbocycles. The van der Waals surface area contributed by atoms with E-state index in [-0.39, 0.29) is 4.87 Å². The minimum atomic E-state index is 0.0724. The lowest BCUT2D eigenvalue weighted by molar-refractivity contribution is 0.249. The summed E-state index contributed by atoms with van der Waals surface area (Å²) >= 11 is 1.27. The Morgan fingerprint density at radius 3 is 3.15 bits per heavy atom. The lowest BCUT2D eigenvalue weighted by Gasteiger charge is -2.28. The van der Waals surface area contributed by atoms with Crippen LogP contribution in [0.4, 0.5) is 0 Å². The van der Waals surface area contributed by atoms with Crippen LogP contribution in [0.25, 0.3) is 0 Å². The zero-order valence-electron chi connectivity index (χ0n) is 7.75. The minimum absolute atomic E-state index is 0.0724. The van der Waals surface area contributed by atoms with E-state index in [1.165, 1.54) is 30.7 Å². The van der Waals surface area contributed by atoms with Crippen molar-refractivity contribution in [2.24, 2.45) is 0 Å². The smallest absolute Gasteiger partial charge is 0.304 e. The van der Waals surface area contributed by atoms with E-state index in [1.807, 2.05) is 5.38 Å². The summed E-state index contributed by atoms with van der Waals surface area (Å²) in [6.07, 6.45) is 2.44. The third kappa shape index (κ3) is 2.00. The van der Waals surface area contributed by atoms with Crippen LogP contribution in [-0.4, -0.2) is 30.0 Å². The molecule has 1 saturated heterocycles. The van der Waals surface area contributed by atoms with Gasteiger partial charge in [-0.15, -0.1) is 0 Å². The van der Waals surface area contributed by atoms with Crippen LogP contribution in [0, 0.1) is 0 Å². The Bertz CT molecular complexity index is 330. The van der Waals surface area contributed by atoms with Crippen molar-refractivity contribution in [3.63, 3.8) is 0 Å². The summed E-state index contributed by atoms with van der Waals surface area (Å²) in [5, 5.41) is 1.96. The van der Waals surface area contributed by atoms with Crippen molar-refractivity contribution in [1.29, 1.82) is 0 Å². The Balaban J connectivity index is 2.12. The normalized spacial score (nSPS) is 24.8. The van der Waals surface area contributed by atoms with Gasteiger partial charge in [0.25, 0.3) is 0 Å². The number of piperidine rings is 1. The summed E-state index contributed by atoms with van der Waals surface area (Å²) in [5.41, 5.74) is 1.13. The highest BCUT2D eigenvalue weighted by molar-refractivity contribution is 7.07. The topological polar surface area (TPSA) is 36.1 Å². The molecule has 0 aromatic carbocycles. The molecule has 1 aliphatic heterocycles. The first-order valence-electron chi connectivity index (χ1n) is 4.62. The summed E-state index contributed by atoms with van der Waals surface area (Å²) in [6, 6.07) is 0. The maximum atomic E-state index is 11.0. The monoisotopic (exact) mass is 198 g/mol. The second-order valence-corrected chi connectivity index (χ2v) is 4.55. The molecule has 2 heterocycles. The van der Waals surface area contributed by atoms with Crippen molar-refractivity contribution >= 4 is 11.3 Å². The summed E-state index contributed by atoms with van der Waals surface area (Å²) < 4.78 is 0. The quantitative estimate of drug-likeness (QED) is 0.737. The van der Waals surface area contributed by atoms with Crippen molar-refractivity contribution in [3.8, 4) is 0 Å². The number of thiazole rings is 1. The van der Waals surface area contributed by atoms with Crippen LogP contribution in [-0.2, 0) is 0 Å². The van der Waals surface area contributed by atoms with Crippen molar-refractivity contribution in [2.75, 3.05) is 20.1 Å². The molecule has 1 atom stereocenters. The Kier molecular flexibility index (Phi) is 2.51. The zero-order chi connectivity index (χ0) is 9.26. The second kappa shape index (κ2) is 3.64. The van der Waals surface area contributed by atoms with Crippen molar-refractivity contribution in [2.45, 2.75) is 18.8 Å². The molecule has 3 nitrogen and oxygen atoms in total. The predicted molar refractivity (Wildman–Crippen MR) is 54.4 cm³/mol. The molecule has 1 aliphatic rings. The van der Waals surface area contributed by atoms with E-state index < -0.39 is 0 Å². The van der Waals surface area contributed by atoms with Gasteiger partial charge < -0.3 is 9.88 Å². The minimum Gasteiger partial charge on any atom is -0.316 e. The number of aromatic amines is 1. The van der Waals surface area contributed by atoms with Gasteiger partial charge in [0.2, 0.25) is 0 Å². The zero-order valence-corrected chi connectivity index (χ0v) is 8.56. The second-order valence-electron chi connectivity index (χ2n) is 3.70. The van der Waals surface area contributed by atoms with Gasteiger partial charge in [-0.05, 0) is 26.4 Å². The average Bonchev–Trinajstić information content (AvgIpc) is 2.52. The molecule has 0 aliphatic carbocycles. The van der Waals surface area contributed by atoms with E-state index in [4.69, 9.17) is 0 Å². The summed E-state index contributed by atoms with van der Waals surface area (Å²) in [5.74, 6) is 0.540. The molecule has 1 fully saturated rings. The Labute approximate surface area is 81.4 Å². The van der Waals surface area contributed by atoms with Gasteiger partial charge in [-0.3, -0.25) is 4.79 Å². The van der Waals surface area contributed by atoms with E-state index in [9.17, 15) is 4.79 Å². The number of hydrogen-bond donors (Lipinski definition) is 1. The van der Waals surface area contributed by atoms with Gasteiger partial charge >= 0.3 is 4.87 Å². The van der Waals surface area contributed by atoms with Gasteiger partial charge in [0.15, 0.2) is 0 Å². The molecule has 0 radical (unpaired) electrons. The molecular formula is C9H14N2OS. The van der Waals surface area contributed by atoms with Crippen LogP contribution in [0.2, 0.25) is 0 Å². The van der Waals surface area contributed by atoms with Gasteiger partial charge in [0.1, 0.15) is 0 Å². The highest BCUT2D eigenvalue weighted by Crippen LogP contribution is 2.24. The molecule has 13 heavy (non-hydrogen) atoms. The standard InChI is InChI=1S/C9H14N2OS/c1-11-4-2-3-7(5-11)8-6-13-9(12)10-8/h6-7H,2-5H2,1H3,(H,10,12). The lowest BCUT2D eigenvalue weighted by Crippen LogP contribution is -2.31. The van der Waals surface area contributed by atoms with E-state index in [2.05, 4.69) is 16.9 Å². The van der Waals surface area contributed by atoms with E-state index >= 15 is 0 Å². The number of likely N-dealkylation sites (N-methyl/N-ethyl adjacent to an activating group) is 1. The fourth-order valence-corrected chi connectivity index (χ4v) is 2.57. The lowest BCUT2D eigenvalue weighted by atomic mass is 9.96. The maximum absolute atomic E-state index is 11.0. The van der Waals surface area contributed by atoms with Gasteiger partial charge in [-0.2, -0.15) is 0 Å². The molecule has 1 aromatic heterocycles. The van der Waals surface area contributed by atoms with Gasteiger partial charge in [0, 0.05) is 23.5 Å². The van der Waals surface area contributed by atoms with Gasteiger partial charge in [0.05, 0.1) is 0 Å². The Morgan fingerprint density at radius 1 is 1.69 bits per heavy atom. The number of likely N-dealkylation sites (tertiary alicyclic amines) is 1. The molecular weight excluding hydrogens is 184 g/mol. The fraction of sp³-hybridized carbons (Fsp3) is 0.667. The number of nitrogens with one attached hydrogen (secondary N) is 1. The molecule has 1 aromatic rings. The summed E-state index contributed by atoms with van der Waals surface area (Å²) in [6.45, 7) is 2.26. The molecule has 0 bridgehead atoms. The van der Waals surface area contributed by atoms with E-state index in [1.54, 1.807) is 0 Å². The first-order chi connectivity index (χ1) is 6.25. The van der Waals surface area contributed by atoms with Crippen LogP contribution < -0.4 is 4.87 Å². The molecule has 72 valence electrons. The average molecular weight is 198 g/mol. The van der Waals surface area contributed by atoms with Crippen molar-refractivity contribution in [3.05, 3.63) is 20.7 Å². The SMILES string of the molecule is CN1CCCC(c2csc(=O)[nH]2)C1. The maximum Gasteiger partial charge on any atom is 0.304 e. The number of H-pyrrole nitrogens is 1. The molecule has 0 spiro atoms. The summed E-state index contributed by atoms with van der Waals surface area (Å²) in [7, 11) is 2.14. The summed E-state index contributed by atoms with van der Waals surface area (Å²) in [4.78, 5) is 16.3. The largest absolute Gasteiger partial charge is 0.316 e. The first-order valence-corrected chi connectivity index (χ1v) is 5.50. The first kappa shape index (κ1) is 8.97. The van der Waals surface area contributed by atoms with Crippen molar-refractivity contribution < 1.29 is 0 Å². The molecule has 4 heteroatoms. The molecule has 1 N–H and O–H groups in total. The number of rotatable bonds is 1. The van der Waals surface area contributed by atoms with Crippen LogP contribution in [0.15, 0.2) is 10.2 Å². The Hall–Kier alpha value is -0.610. The number of aromatic nitrogens is 1. The highest BCUT2D eigenvalue weighted by Gasteiger charge is 2.19. The van der Waals surface area contributed by atoms with Crippen LogP contribution in [0.3, 0.4) is 0 Å². The Morgan fingerprint density at radius 2 is 2.54 bits per heavy atom. The highest BCUT2D eigenvalue weighted by atomic mass is 32.1. The van der Waals surface area contributed by atoms with Crippen LogP contribution in [0.5, 0.6) is 0 Å². The van der Waals surface area contributed by atoms with Crippen LogP contribution >= 0.6 is 11.3 Å². The third-order valence-electron chi connectivity index (χ3n) is 2.60. The van der Waals surface area contributed by atoms with Gasteiger partial charge in [-0.25, -0.2) is 0 Å². The fourth-order valence-electron chi connectivity index (χ4n) is 1.91. The predicted octanol–water partition coefficient (Wildman–Crippen LogP) is 1.25.